The van der Waals surface area contributed by atoms with Crippen LogP contribution in [0.4, 0.5) is 0 Å². The number of aromatic hydroxyl groups is 2. The number of rotatable bonds is 6. The Labute approximate surface area is 149 Å². The second-order valence-electron chi connectivity index (χ2n) is 6.88. The van der Waals surface area contributed by atoms with Gasteiger partial charge in [-0.2, -0.15) is 0 Å². The first-order valence-corrected chi connectivity index (χ1v) is 8.36. The fourth-order valence-corrected chi connectivity index (χ4v) is 3.14. The van der Waals surface area contributed by atoms with Crippen molar-refractivity contribution in [2.75, 3.05) is 20.8 Å². The molecule has 6 nitrogen and oxygen atoms in total. The van der Waals surface area contributed by atoms with E-state index in [1.807, 2.05) is 53.9 Å². The zero-order valence-electron chi connectivity index (χ0n) is 16.0. The van der Waals surface area contributed by atoms with Crippen molar-refractivity contribution in [1.29, 1.82) is 0 Å². The van der Waals surface area contributed by atoms with Gasteiger partial charge in [0.2, 0.25) is 0 Å². The van der Waals surface area contributed by atoms with Gasteiger partial charge in [-0.05, 0) is 53.9 Å². The Hall–Kier alpha value is -2.18. The Morgan fingerprint density at radius 2 is 1.12 bits per heavy atom. The summed E-state index contributed by atoms with van der Waals surface area (Å²) in [5.74, 6) is 0.524. The molecule has 2 aromatic rings. The van der Waals surface area contributed by atoms with E-state index in [9.17, 15) is 10.2 Å². The van der Waals surface area contributed by atoms with Gasteiger partial charge in [0.25, 0.3) is 0 Å². The molecule has 0 radical (unpaired) electrons. The first-order chi connectivity index (χ1) is 11.7. The molecule has 6 heteroatoms. The van der Waals surface area contributed by atoms with Crippen LogP contribution in [-0.2, 0) is 13.1 Å². The molecule has 0 atom stereocenters. The third-order valence-corrected chi connectivity index (χ3v) is 4.11. The quantitative estimate of drug-likeness (QED) is 0.785. The summed E-state index contributed by atoms with van der Waals surface area (Å²) in [6.45, 7) is 9.43. The highest BCUT2D eigenvalue weighted by atomic mass is 16.3. The molecular formula is C19H28N4O2. The zero-order chi connectivity index (χ0) is 18.7. The van der Waals surface area contributed by atoms with Crippen LogP contribution < -0.4 is 0 Å². The van der Waals surface area contributed by atoms with E-state index in [4.69, 9.17) is 0 Å². The minimum atomic E-state index is 0.262. The third-order valence-electron chi connectivity index (χ3n) is 4.11. The lowest BCUT2D eigenvalue weighted by atomic mass is 10.1. The van der Waals surface area contributed by atoms with Crippen LogP contribution >= 0.6 is 0 Å². The van der Waals surface area contributed by atoms with Crippen LogP contribution in [0.1, 0.15) is 33.9 Å². The summed E-state index contributed by atoms with van der Waals surface area (Å²) in [5.41, 5.74) is 4.87. The monoisotopic (exact) mass is 344 g/mol. The highest BCUT2D eigenvalue weighted by molar-refractivity contribution is 5.37. The van der Waals surface area contributed by atoms with Crippen LogP contribution in [0, 0.1) is 27.7 Å². The van der Waals surface area contributed by atoms with Crippen LogP contribution in [0.5, 0.6) is 11.5 Å². The van der Waals surface area contributed by atoms with E-state index < -0.39 is 0 Å². The molecule has 2 rings (SSSR count). The minimum absolute atomic E-state index is 0.262. The molecule has 0 spiro atoms. The standard InChI is InChI=1S/C19H28N4O2/c1-12-7-16(18(24)14(3)20-12)9-22(5)11-23(6)10-17-8-13(2)21-15(4)19(17)25/h7-8,24-25H,9-11H2,1-6H3. The molecule has 0 aliphatic heterocycles. The summed E-state index contributed by atoms with van der Waals surface area (Å²) < 4.78 is 0. The molecule has 0 aliphatic carbocycles. The molecule has 0 aromatic carbocycles. The van der Waals surface area contributed by atoms with Crippen molar-refractivity contribution in [1.82, 2.24) is 19.8 Å². The third kappa shape index (κ3) is 4.90. The molecular weight excluding hydrogens is 316 g/mol. The Morgan fingerprint density at radius 1 is 0.760 bits per heavy atom. The minimum Gasteiger partial charge on any atom is -0.506 e. The molecule has 0 saturated carbocycles. The van der Waals surface area contributed by atoms with Gasteiger partial charge in [0.15, 0.2) is 0 Å². The first kappa shape index (κ1) is 19.1. The van der Waals surface area contributed by atoms with Crippen LogP contribution in [0.25, 0.3) is 0 Å². The van der Waals surface area contributed by atoms with E-state index in [0.29, 0.717) is 31.1 Å². The Bertz CT molecular complexity index is 698. The molecule has 136 valence electrons. The van der Waals surface area contributed by atoms with Crippen LogP contribution in [0.3, 0.4) is 0 Å². The van der Waals surface area contributed by atoms with Gasteiger partial charge in [0, 0.05) is 35.6 Å². The summed E-state index contributed by atoms with van der Waals surface area (Å²) in [5, 5.41) is 20.4. The van der Waals surface area contributed by atoms with E-state index in [2.05, 4.69) is 19.8 Å². The van der Waals surface area contributed by atoms with Gasteiger partial charge < -0.3 is 10.2 Å². The average molecular weight is 344 g/mol. The summed E-state index contributed by atoms with van der Waals surface area (Å²) in [4.78, 5) is 12.8. The molecule has 0 unspecified atom stereocenters. The van der Waals surface area contributed by atoms with E-state index in [0.717, 1.165) is 22.5 Å². The molecule has 2 N–H and O–H groups in total. The van der Waals surface area contributed by atoms with Crippen molar-refractivity contribution in [2.24, 2.45) is 0 Å². The van der Waals surface area contributed by atoms with Gasteiger partial charge in [0.05, 0.1) is 18.1 Å². The number of pyridine rings is 2. The van der Waals surface area contributed by atoms with E-state index in [1.165, 1.54) is 0 Å². The Morgan fingerprint density at radius 3 is 1.48 bits per heavy atom. The number of aryl methyl sites for hydroxylation is 4. The van der Waals surface area contributed by atoms with Gasteiger partial charge in [-0.25, -0.2) is 0 Å². The molecule has 0 fully saturated rings. The molecule has 2 heterocycles. The highest BCUT2D eigenvalue weighted by Crippen LogP contribution is 2.24. The number of hydrogen-bond donors (Lipinski definition) is 2. The van der Waals surface area contributed by atoms with Crippen LogP contribution in [0.15, 0.2) is 12.1 Å². The van der Waals surface area contributed by atoms with E-state index >= 15 is 0 Å². The van der Waals surface area contributed by atoms with Crippen molar-refractivity contribution in [2.45, 2.75) is 40.8 Å². The van der Waals surface area contributed by atoms with Crippen LogP contribution in [0.2, 0.25) is 0 Å². The maximum Gasteiger partial charge on any atom is 0.141 e. The van der Waals surface area contributed by atoms with Crippen molar-refractivity contribution in [3.8, 4) is 11.5 Å². The first-order valence-electron chi connectivity index (χ1n) is 8.36. The predicted octanol–water partition coefficient (Wildman–Crippen LogP) is 2.64. The van der Waals surface area contributed by atoms with E-state index in [-0.39, 0.29) is 11.5 Å². The zero-order valence-corrected chi connectivity index (χ0v) is 16.0. The number of hydrogen-bond acceptors (Lipinski definition) is 6. The molecule has 0 saturated heterocycles. The summed E-state index contributed by atoms with van der Waals surface area (Å²) >= 11 is 0. The highest BCUT2D eigenvalue weighted by Gasteiger charge is 2.13. The average Bonchev–Trinajstić information content (AvgIpc) is 2.49. The maximum absolute atomic E-state index is 10.2. The van der Waals surface area contributed by atoms with Crippen LogP contribution in [-0.4, -0.2) is 50.7 Å². The maximum atomic E-state index is 10.2. The van der Waals surface area contributed by atoms with Gasteiger partial charge >= 0.3 is 0 Å². The molecule has 0 aliphatic rings. The van der Waals surface area contributed by atoms with Gasteiger partial charge in [-0.3, -0.25) is 19.8 Å². The summed E-state index contributed by atoms with van der Waals surface area (Å²) in [7, 11) is 4.01. The topological polar surface area (TPSA) is 72.7 Å². The van der Waals surface area contributed by atoms with Gasteiger partial charge in [-0.15, -0.1) is 0 Å². The van der Waals surface area contributed by atoms with Crippen molar-refractivity contribution in [3.63, 3.8) is 0 Å². The lowest BCUT2D eigenvalue weighted by Gasteiger charge is -2.25. The Kier molecular flexibility index (Phi) is 5.98. The fraction of sp³-hybridized carbons (Fsp3) is 0.474. The van der Waals surface area contributed by atoms with Gasteiger partial charge in [0.1, 0.15) is 11.5 Å². The Balaban J connectivity index is 2.02. The number of aromatic nitrogens is 2. The second kappa shape index (κ2) is 7.80. The normalized spacial score (nSPS) is 11.5. The smallest absolute Gasteiger partial charge is 0.141 e. The molecule has 0 bridgehead atoms. The largest absolute Gasteiger partial charge is 0.506 e. The fourth-order valence-electron chi connectivity index (χ4n) is 3.14. The van der Waals surface area contributed by atoms with Crippen molar-refractivity contribution < 1.29 is 10.2 Å². The van der Waals surface area contributed by atoms with Crippen molar-refractivity contribution in [3.05, 3.63) is 46.0 Å². The second-order valence-corrected chi connectivity index (χ2v) is 6.88. The lowest BCUT2D eigenvalue weighted by Crippen LogP contribution is -2.32. The summed E-state index contributed by atoms with van der Waals surface area (Å²) in [6, 6.07) is 3.83. The van der Waals surface area contributed by atoms with Gasteiger partial charge in [-0.1, -0.05) is 0 Å². The van der Waals surface area contributed by atoms with Crippen molar-refractivity contribution >= 4 is 0 Å². The molecule has 2 aromatic heterocycles. The summed E-state index contributed by atoms with van der Waals surface area (Å²) in [6.07, 6.45) is 0. The number of nitrogens with zero attached hydrogens (tertiary/aromatic N) is 4. The molecule has 0 amide bonds. The molecule has 25 heavy (non-hydrogen) atoms. The van der Waals surface area contributed by atoms with E-state index in [1.54, 1.807) is 0 Å². The predicted molar refractivity (Wildman–Crippen MR) is 98.6 cm³/mol. The lowest BCUT2D eigenvalue weighted by molar-refractivity contribution is 0.169. The SMILES string of the molecule is Cc1cc(CN(C)CN(C)Cc2cc(C)nc(C)c2O)c(O)c(C)n1.